The van der Waals surface area contributed by atoms with Gasteiger partial charge in [0.1, 0.15) is 5.60 Å². The van der Waals surface area contributed by atoms with Crippen LogP contribution in [0, 0.1) is 0 Å². The molecule has 1 atom stereocenters. The summed E-state index contributed by atoms with van der Waals surface area (Å²) in [6.07, 6.45) is 2.57. The molecule has 1 aliphatic heterocycles. The highest BCUT2D eigenvalue weighted by Gasteiger charge is 2.32. The molecule has 0 spiro atoms. The molecule has 30 heavy (non-hydrogen) atoms. The molecule has 1 aliphatic rings. The number of amides is 1. The Balaban J connectivity index is 1.53. The van der Waals surface area contributed by atoms with Gasteiger partial charge in [-0.25, -0.2) is 0 Å². The Labute approximate surface area is 177 Å². The van der Waals surface area contributed by atoms with Crippen LogP contribution in [0.2, 0.25) is 0 Å². The first-order valence-electron chi connectivity index (χ1n) is 10.1. The van der Waals surface area contributed by atoms with E-state index in [1.165, 1.54) is 0 Å². The molecule has 0 radical (unpaired) electrons. The summed E-state index contributed by atoms with van der Waals surface area (Å²) in [5.74, 6) is 1.21. The predicted octanol–water partition coefficient (Wildman–Crippen LogP) is 4.42. The maximum atomic E-state index is 13.1. The van der Waals surface area contributed by atoms with E-state index in [1.54, 1.807) is 18.1 Å². The van der Waals surface area contributed by atoms with Crippen LogP contribution in [0.5, 0.6) is 11.5 Å². The van der Waals surface area contributed by atoms with Crippen LogP contribution in [0.25, 0.3) is 0 Å². The molecule has 0 bridgehead atoms. The Morgan fingerprint density at radius 1 is 1.10 bits per heavy atom. The summed E-state index contributed by atoms with van der Waals surface area (Å²) in [6, 6.07) is 21.2. The average Bonchev–Trinajstić information content (AvgIpc) is 3.08. The average molecular weight is 402 g/mol. The predicted molar refractivity (Wildman–Crippen MR) is 116 cm³/mol. The lowest BCUT2D eigenvalue weighted by atomic mass is 10.0. The van der Waals surface area contributed by atoms with Gasteiger partial charge < -0.3 is 14.4 Å². The number of pyridine rings is 1. The van der Waals surface area contributed by atoms with E-state index in [0.29, 0.717) is 5.75 Å². The molecule has 1 aromatic heterocycles. The van der Waals surface area contributed by atoms with Crippen molar-refractivity contribution in [2.45, 2.75) is 31.9 Å². The topological polar surface area (TPSA) is 51.7 Å². The minimum absolute atomic E-state index is 0.0765. The molecule has 0 N–H and O–H groups in total. The summed E-state index contributed by atoms with van der Waals surface area (Å²) in [4.78, 5) is 19.2. The molecule has 0 fully saturated rings. The van der Waals surface area contributed by atoms with E-state index in [9.17, 15) is 4.79 Å². The standard InChI is InChI=1S/C25H26N2O3/c1-25(2)16-19-12-9-14-21(24(19)30-25)29-17-22(28)27(3)23(18-10-5-4-6-11-18)20-13-7-8-15-26-20/h4-15,23H,16-17H2,1-3H3. The van der Waals surface area contributed by atoms with Gasteiger partial charge in [0.2, 0.25) is 0 Å². The molecule has 0 aliphatic carbocycles. The van der Waals surface area contributed by atoms with Crippen LogP contribution >= 0.6 is 0 Å². The summed E-state index contributed by atoms with van der Waals surface area (Å²) in [5, 5.41) is 0. The fourth-order valence-corrected chi connectivity index (χ4v) is 3.85. The van der Waals surface area contributed by atoms with Crippen LogP contribution in [0.3, 0.4) is 0 Å². The summed E-state index contributed by atoms with van der Waals surface area (Å²) in [5.41, 5.74) is 2.65. The fraction of sp³-hybridized carbons (Fsp3) is 0.280. The van der Waals surface area contributed by atoms with Crippen molar-refractivity contribution < 1.29 is 14.3 Å². The number of carbonyl (C=O) groups excluding carboxylic acids is 1. The Morgan fingerprint density at radius 3 is 2.60 bits per heavy atom. The minimum Gasteiger partial charge on any atom is -0.483 e. The first-order chi connectivity index (χ1) is 14.4. The number of benzene rings is 2. The third-order valence-corrected chi connectivity index (χ3v) is 5.27. The SMILES string of the molecule is CN(C(=O)COc1cccc2c1OC(C)(C)C2)C(c1ccccc1)c1ccccn1. The van der Waals surface area contributed by atoms with Crippen molar-refractivity contribution in [3.8, 4) is 11.5 Å². The number of hydrogen-bond donors (Lipinski definition) is 0. The number of hydrogen-bond acceptors (Lipinski definition) is 4. The van der Waals surface area contributed by atoms with Crippen molar-refractivity contribution in [2.75, 3.05) is 13.7 Å². The van der Waals surface area contributed by atoms with Crippen molar-refractivity contribution >= 4 is 5.91 Å². The molecule has 4 rings (SSSR count). The highest BCUT2D eigenvalue weighted by atomic mass is 16.5. The van der Waals surface area contributed by atoms with Crippen LogP contribution in [0.1, 0.15) is 36.7 Å². The van der Waals surface area contributed by atoms with Gasteiger partial charge in [-0.15, -0.1) is 0 Å². The van der Waals surface area contributed by atoms with Gasteiger partial charge in [0.15, 0.2) is 18.1 Å². The van der Waals surface area contributed by atoms with Gasteiger partial charge in [-0.2, -0.15) is 0 Å². The molecule has 0 saturated carbocycles. The molecule has 1 unspecified atom stereocenters. The van der Waals surface area contributed by atoms with Crippen LogP contribution in [-0.4, -0.2) is 35.0 Å². The van der Waals surface area contributed by atoms with Crippen LogP contribution in [0.4, 0.5) is 0 Å². The van der Waals surface area contributed by atoms with Crippen molar-refractivity contribution in [1.82, 2.24) is 9.88 Å². The van der Waals surface area contributed by atoms with Crippen molar-refractivity contribution in [2.24, 2.45) is 0 Å². The third-order valence-electron chi connectivity index (χ3n) is 5.27. The smallest absolute Gasteiger partial charge is 0.261 e. The first kappa shape index (κ1) is 20.0. The van der Waals surface area contributed by atoms with Crippen molar-refractivity contribution in [3.63, 3.8) is 0 Å². The van der Waals surface area contributed by atoms with E-state index in [1.807, 2.05) is 80.6 Å². The first-order valence-corrected chi connectivity index (χ1v) is 10.1. The van der Waals surface area contributed by atoms with Crippen molar-refractivity contribution in [3.05, 3.63) is 89.7 Å². The molecule has 2 aromatic carbocycles. The van der Waals surface area contributed by atoms with Gasteiger partial charge in [0.05, 0.1) is 11.7 Å². The summed E-state index contributed by atoms with van der Waals surface area (Å²) in [7, 11) is 1.78. The zero-order chi connectivity index (χ0) is 21.1. The highest BCUT2D eigenvalue weighted by molar-refractivity contribution is 5.78. The molecule has 154 valence electrons. The molecule has 1 amide bonds. The second-order valence-electron chi connectivity index (χ2n) is 8.14. The Kier molecular flexibility index (Phi) is 5.44. The van der Waals surface area contributed by atoms with Gasteiger partial charge in [-0.1, -0.05) is 48.5 Å². The third kappa shape index (κ3) is 4.15. The fourth-order valence-electron chi connectivity index (χ4n) is 3.85. The maximum Gasteiger partial charge on any atom is 0.261 e. The lowest BCUT2D eigenvalue weighted by Gasteiger charge is -2.28. The van der Waals surface area contributed by atoms with Crippen LogP contribution < -0.4 is 9.47 Å². The van der Waals surface area contributed by atoms with E-state index >= 15 is 0 Å². The molecular weight excluding hydrogens is 376 g/mol. The van der Waals surface area contributed by atoms with E-state index < -0.39 is 0 Å². The normalized spacial score (nSPS) is 15.0. The Hall–Kier alpha value is -3.34. The lowest BCUT2D eigenvalue weighted by molar-refractivity contribution is -0.133. The molecule has 0 saturated heterocycles. The minimum atomic E-state index is -0.292. The van der Waals surface area contributed by atoms with E-state index in [0.717, 1.165) is 29.0 Å². The van der Waals surface area contributed by atoms with Crippen LogP contribution in [0.15, 0.2) is 72.9 Å². The second-order valence-corrected chi connectivity index (χ2v) is 8.14. The molecule has 5 heteroatoms. The molecule has 3 aromatic rings. The van der Waals surface area contributed by atoms with Gasteiger partial charge in [0.25, 0.3) is 5.91 Å². The van der Waals surface area contributed by atoms with Gasteiger partial charge in [-0.3, -0.25) is 9.78 Å². The number of carbonyl (C=O) groups is 1. The number of para-hydroxylation sites is 1. The summed E-state index contributed by atoms with van der Waals surface area (Å²) in [6.45, 7) is 4.02. The molecule has 2 heterocycles. The number of rotatable bonds is 6. The lowest BCUT2D eigenvalue weighted by Crippen LogP contribution is -2.36. The largest absolute Gasteiger partial charge is 0.483 e. The summed E-state index contributed by atoms with van der Waals surface area (Å²) >= 11 is 0. The summed E-state index contributed by atoms with van der Waals surface area (Å²) < 4.78 is 12.0. The number of ether oxygens (including phenoxy) is 2. The zero-order valence-electron chi connectivity index (χ0n) is 17.5. The van der Waals surface area contributed by atoms with Gasteiger partial charge >= 0.3 is 0 Å². The highest BCUT2D eigenvalue weighted by Crippen LogP contribution is 2.41. The maximum absolute atomic E-state index is 13.1. The molecule has 5 nitrogen and oxygen atoms in total. The van der Waals surface area contributed by atoms with E-state index in [2.05, 4.69) is 4.98 Å². The second kappa shape index (κ2) is 8.19. The number of fused-ring (bicyclic) bond motifs is 1. The number of nitrogens with zero attached hydrogens (tertiary/aromatic N) is 2. The number of aromatic nitrogens is 1. The Bertz CT molecular complexity index is 980. The Morgan fingerprint density at radius 2 is 1.87 bits per heavy atom. The monoisotopic (exact) mass is 402 g/mol. The zero-order valence-corrected chi connectivity index (χ0v) is 17.5. The van der Waals surface area contributed by atoms with Gasteiger partial charge in [-0.05, 0) is 37.6 Å². The van der Waals surface area contributed by atoms with Crippen LogP contribution in [-0.2, 0) is 11.2 Å². The van der Waals surface area contributed by atoms with E-state index in [-0.39, 0.29) is 24.2 Å². The molecular formula is C25H26N2O3. The number of likely N-dealkylation sites (N-methyl/N-ethyl adjacent to an activating group) is 1. The quantitative estimate of drug-likeness (QED) is 0.612. The van der Waals surface area contributed by atoms with Crippen molar-refractivity contribution in [1.29, 1.82) is 0 Å². The van der Waals surface area contributed by atoms with E-state index in [4.69, 9.17) is 9.47 Å². The van der Waals surface area contributed by atoms with Gasteiger partial charge in [0, 0.05) is 25.2 Å².